The van der Waals surface area contributed by atoms with E-state index in [1.807, 2.05) is 22.7 Å². The van der Waals surface area contributed by atoms with Crippen LogP contribution in [0, 0.1) is 0 Å². The highest BCUT2D eigenvalue weighted by Crippen LogP contribution is 2.46. The van der Waals surface area contributed by atoms with E-state index in [0.29, 0.717) is 0 Å². The number of nitrogens with zero attached hydrogens (tertiary/aromatic N) is 1. The predicted octanol–water partition coefficient (Wildman–Crippen LogP) is 11.7. The van der Waals surface area contributed by atoms with Crippen molar-refractivity contribution in [3.8, 4) is 27.9 Å². The fraction of sp³-hybridized carbons (Fsp3) is 0. The van der Waals surface area contributed by atoms with E-state index >= 15 is 0 Å². The zero-order chi connectivity index (χ0) is 26.9. The highest BCUT2D eigenvalue weighted by Gasteiger charge is 2.19. The van der Waals surface area contributed by atoms with Crippen LogP contribution >= 0.6 is 22.7 Å². The molecule has 0 amide bonds. The lowest BCUT2D eigenvalue weighted by Gasteiger charge is -2.10. The van der Waals surface area contributed by atoms with Gasteiger partial charge in [-0.15, -0.1) is 22.7 Å². The number of hydrogen-bond acceptors (Lipinski definition) is 2. The molecule has 0 saturated heterocycles. The molecule has 0 bridgehead atoms. The molecule has 1 nitrogen and oxygen atoms in total. The first kappa shape index (κ1) is 23.0. The highest BCUT2D eigenvalue weighted by molar-refractivity contribution is 7.27. The third-order valence-corrected chi connectivity index (χ3v) is 10.7. The van der Waals surface area contributed by atoms with Gasteiger partial charge in [0.1, 0.15) is 0 Å². The molecule has 0 aliphatic heterocycles. The minimum Gasteiger partial charge on any atom is -0.308 e. The minimum atomic E-state index is 1.20. The lowest BCUT2D eigenvalue weighted by molar-refractivity contribution is 1.19. The first-order chi connectivity index (χ1) is 20.3. The Labute approximate surface area is 245 Å². The number of fused-ring (bicyclic) bond motifs is 8. The van der Waals surface area contributed by atoms with Gasteiger partial charge in [-0.25, -0.2) is 0 Å². The van der Waals surface area contributed by atoms with Crippen molar-refractivity contribution in [3.05, 3.63) is 140 Å². The molecule has 0 saturated carbocycles. The van der Waals surface area contributed by atoms with Crippen LogP contribution < -0.4 is 0 Å². The highest BCUT2D eigenvalue weighted by atomic mass is 32.1. The van der Waals surface area contributed by atoms with Gasteiger partial charge in [0.15, 0.2) is 0 Å². The Kier molecular flexibility index (Phi) is 5.00. The molecule has 0 spiro atoms. The Bertz CT molecular complexity index is 2420. The fourth-order valence-corrected chi connectivity index (χ4v) is 8.99. The van der Waals surface area contributed by atoms with Crippen molar-refractivity contribution in [2.24, 2.45) is 0 Å². The molecule has 0 fully saturated rings. The number of rotatable bonds is 3. The lowest BCUT2D eigenvalue weighted by Crippen LogP contribution is -1.92. The van der Waals surface area contributed by atoms with Gasteiger partial charge in [0.05, 0.1) is 15.7 Å². The van der Waals surface area contributed by atoms with Crippen LogP contribution in [0.1, 0.15) is 0 Å². The monoisotopic (exact) mass is 557 g/mol. The maximum atomic E-state index is 2.44. The van der Waals surface area contributed by atoms with E-state index in [-0.39, 0.29) is 0 Å². The molecular weight excluding hydrogens is 535 g/mol. The average molecular weight is 558 g/mol. The number of thiophene rings is 2. The van der Waals surface area contributed by atoms with E-state index in [0.717, 1.165) is 0 Å². The van der Waals surface area contributed by atoms with E-state index in [1.165, 1.54) is 79.3 Å². The van der Waals surface area contributed by atoms with Gasteiger partial charge < -0.3 is 4.57 Å². The number of hydrogen-bond donors (Lipinski definition) is 0. The molecule has 3 heteroatoms. The largest absolute Gasteiger partial charge is 0.308 e. The summed E-state index contributed by atoms with van der Waals surface area (Å²) in [5.74, 6) is 0. The summed E-state index contributed by atoms with van der Waals surface area (Å²) in [6.45, 7) is 0. The van der Waals surface area contributed by atoms with Gasteiger partial charge >= 0.3 is 0 Å². The van der Waals surface area contributed by atoms with Crippen LogP contribution in [-0.4, -0.2) is 4.57 Å². The third kappa shape index (κ3) is 3.40. The van der Waals surface area contributed by atoms with Crippen molar-refractivity contribution in [3.63, 3.8) is 0 Å². The van der Waals surface area contributed by atoms with Crippen LogP contribution in [-0.2, 0) is 0 Å². The second kappa shape index (κ2) is 8.90. The van der Waals surface area contributed by atoms with Crippen LogP contribution in [0.5, 0.6) is 0 Å². The molecule has 0 radical (unpaired) electrons. The van der Waals surface area contributed by atoms with Crippen molar-refractivity contribution in [2.75, 3.05) is 0 Å². The Morgan fingerprint density at radius 1 is 0.415 bits per heavy atom. The molecule has 0 aliphatic rings. The molecule has 3 aromatic heterocycles. The van der Waals surface area contributed by atoms with Crippen LogP contribution in [0.15, 0.2) is 140 Å². The summed E-state index contributed by atoms with van der Waals surface area (Å²) in [6.07, 6.45) is 0. The maximum absolute atomic E-state index is 2.44. The Morgan fingerprint density at radius 3 is 1.83 bits per heavy atom. The van der Waals surface area contributed by atoms with Crippen molar-refractivity contribution in [1.29, 1.82) is 0 Å². The molecule has 9 rings (SSSR count). The van der Waals surface area contributed by atoms with Gasteiger partial charge in [-0.3, -0.25) is 0 Å². The molecule has 0 unspecified atom stereocenters. The molecule has 3 heterocycles. The molecule has 41 heavy (non-hydrogen) atoms. The minimum absolute atomic E-state index is 1.20. The molecule has 9 aromatic rings. The average Bonchev–Trinajstić information content (AvgIpc) is 3.70. The molecule has 6 aromatic carbocycles. The number of benzene rings is 6. The molecule has 192 valence electrons. The topological polar surface area (TPSA) is 4.93 Å². The van der Waals surface area contributed by atoms with Crippen LogP contribution in [0.2, 0.25) is 0 Å². The summed E-state index contributed by atoms with van der Waals surface area (Å²) in [7, 11) is 0. The van der Waals surface area contributed by atoms with E-state index in [2.05, 4.69) is 144 Å². The standard InChI is InChI=1S/C38H23NS2/c1-2-13-26(14-3-1)39-33-21-6-4-16-31(33)38-35(39)32-20-10-18-28(37(32)41-38)25-12-8-11-24(23-25)27-17-9-19-30-29-15-5-7-22-34(29)40-36(27)30/h1-23H. The summed E-state index contributed by atoms with van der Waals surface area (Å²) in [6, 6.07) is 50.9. The molecule has 0 atom stereocenters. The van der Waals surface area contributed by atoms with Crippen molar-refractivity contribution in [1.82, 2.24) is 4.57 Å². The summed E-state index contributed by atoms with van der Waals surface area (Å²) in [5, 5.41) is 5.29. The summed E-state index contributed by atoms with van der Waals surface area (Å²) in [5.41, 5.74) is 8.86. The van der Waals surface area contributed by atoms with Crippen LogP contribution in [0.25, 0.3) is 79.3 Å². The summed E-state index contributed by atoms with van der Waals surface area (Å²) < 4.78 is 7.82. The van der Waals surface area contributed by atoms with Crippen molar-refractivity contribution < 1.29 is 0 Å². The number of aromatic nitrogens is 1. The first-order valence-electron chi connectivity index (χ1n) is 13.9. The van der Waals surface area contributed by atoms with Gasteiger partial charge in [0.25, 0.3) is 0 Å². The molecular formula is C38H23NS2. The second-order valence-electron chi connectivity index (χ2n) is 10.5. The third-order valence-electron chi connectivity index (χ3n) is 8.21. The van der Waals surface area contributed by atoms with Gasteiger partial charge in [0.2, 0.25) is 0 Å². The van der Waals surface area contributed by atoms with E-state index < -0.39 is 0 Å². The molecule has 0 aliphatic carbocycles. The van der Waals surface area contributed by atoms with E-state index in [9.17, 15) is 0 Å². The lowest BCUT2D eigenvalue weighted by atomic mass is 9.97. The maximum Gasteiger partial charge on any atom is 0.0727 e. The Balaban J connectivity index is 1.28. The van der Waals surface area contributed by atoms with E-state index in [4.69, 9.17) is 0 Å². The van der Waals surface area contributed by atoms with Gasteiger partial charge in [0, 0.05) is 41.3 Å². The van der Waals surface area contributed by atoms with E-state index in [1.54, 1.807) is 0 Å². The van der Waals surface area contributed by atoms with Gasteiger partial charge in [-0.05, 0) is 52.6 Å². The van der Waals surface area contributed by atoms with Crippen LogP contribution in [0.3, 0.4) is 0 Å². The first-order valence-corrected chi connectivity index (χ1v) is 15.5. The van der Waals surface area contributed by atoms with Crippen molar-refractivity contribution in [2.45, 2.75) is 0 Å². The SMILES string of the molecule is c1ccc(-n2c3ccccc3c3sc4c(-c5cccc(-c6cccc7c6sc6ccccc67)c5)cccc4c32)cc1. The van der Waals surface area contributed by atoms with Crippen molar-refractivity contribution >= 4 is 74.1 Å². The van der Waals surface area contributed by atoms with Gasteiger partial charge in [-0.2, -0.15) is 0 Å². The smallest absolute Gasteiger partial charge is 0.0727 e. The number of para-hydroxylation sites is 2. The normalized spacial score (nSPS) is 11.9. The van der Waals surface area contributed by atoms with Crippen LogP contribution in [0.4, 0.5) is 0 Å². The Hall–Kier alpha value is -4.70. The zero-order valence-corrected chi connectivity index (χ0v) is 23.7. The summed E-state index contributed by atoms with van der Waals surface area (Å²) in [4.78, 5) is 0. The fourth-order valence-electron chi connectivity index (χ4n) is 6.39. The molecule has 0 N–H and O–H groups in total. The quantitative estimate of drug-likeness (QED) is 0.204. The summed E-state index contributed by atoms with van der Waals surface area (Å²) >= 11 is 3.81. The second-order valence-corrected chi connectivity index (χ2v) is 12.6. The predicted molar refractivity (Wildman–Crippen MR) is 180 cm³/mol. The zero-order valence-electron chi connectivity index (χ0n) is 22.0. The van der Waals surface area contributed by atoms with Gasteiger partial charge in [-0.1, -0.05) is 109 Å². The Morgan fingerprint density at radius 2 is 1.02 bits per heavy atom.